The third-order valence-electron chi connectivity index (χ3n) is 1.98. The van der Waals surface area contributed by atoms with Crippen molar-refractivity contribution in [3.05, 3.63) is 44.9 Å². The number of nitrogens with two attached hydrogens (primary N) is 1. The molecule has 0 aliphatic carbocycles. The van der Waals surface area contributed by atoms with E-state index in [2.05, 4.69) is 32.7 Å². The van der Waals surface area contributed by atoms with Gasteiger partial charge >= 0.3 is 5.69 Å². The van der Waals surface area contributed by atoms with Crippen LogP contribution in [0.5, 0.6) is 5.75 Å². The molecular formula is C11H11BrN4O3S. The van der Waals surface area contributed by atoms with Crippen molar-refractivity contribution in [3.63, 3.8) is 0 Å². The van der Waals surface area contributed by atoms with Crippen molar-refractivity contribution in [1.29, 1.82) is 0 Å². The van der Waals surface area contributed by atoms with Gasteiger partial charge in [0.2, 0.25) is 5.75 Å². The van der Waals surface area contributed by atoms with Crippen LogP contribution >= 0.6 is 27.7 Å². The van der Waals surface area contributed by atoms with Gasteiger partial charge in [-0.3, -0.25) is 10.1 Å². The molecule has 0 atom stereocenters. The number of aromatic hydroxyl groups is 1. The highest BCUT2D eigenvalue weighted by Crippen LogP contribution is 2.32. The first-order valence-corrected chi connectivity index (χ1v) is 7.00. The van der Waals surface area contributed by atoms with E-state index in [1.807, 2.05) is 0 Å². The number of rotatable bonds is 5. The maximum atomic E-state index is 10.7. The molecule has 0 amide bonds. The Bertz CT molecular complexity index is 589. The van der Waals surface area contributed by atoms with Crippen LogP contribution in [0.25, 0.3) is 0 Å². The number of hydrogen-bond donors (Lipinski definition) is 2. The Morgan fingerprint density at radius 1 is 1.65 bits per heavy atom. The molecule has 0 aromatic heterocycles. The van der Waals surface area contributed by atoms with Gasteiger partial charge in [0.05, 0.1) is 11.1 Å². The van der Waals surface area contributed by atoms with Crippen molar-refractivity contribution < 1.29 is 10.0 Å². The zero-order valence-corrected chi connectivity index (χ0v) is 12.6. The highest BCUT2D eigenvalue weighted by molar-refractivity contribution is 9.10. The Balaban J connectivity index is 2.98. The normalized spacial score (nSPS) is 11.8. The van der Waals surface area contributed by atoms with E-state index in [0.29, 0.717) is 10.2 Å². The molecule has 0 bridgehead atoms. The zero-order chi connectivity index (χ0) is 15.1. The minimum atomic E-state index is -0.686. The molecule has 0 fully saturated rings. The highest BCUT2D eigenvalue weighted by Gasteiger charge is 2.17. The lowest BCUT2D eigenvalue weighted by Gasteiger charge is -2.00. The quantitative estimate of drug-likeness (QED) is 0.276. The van der Waals surface area contributed by atoms with E-state index in [1.54, 1.807) is 6.08 Å². The molecule has 3 N–H and O–H groups in total. The molecule has 106 valence electrons. The molecule has 1 aromatic rings. The van der Waals surface area contributed by atoms with Crippen LogP contribution in [-0.2, 0) is 0 Å². The lowest BCUT2D eigenvalue weighted by molar-refractivity contribution is -0.385. The van der Waals surface area contributed by atoms with Gasteiger partial charge in [-0.05, 0) is 6.07 Å². The second-order valence-electron chi connectivity index (χ2n) is 3.40. The molecule has 0 spiro atoms. The van der Waals surface area contributed by atoms with Crippen LogP contribution in [0.1, 0.15) is 5.56 Å². The Labute approximate surface area is 127 Å². The van der Waals surface area contributed by atoms with Crippen LogP contribution in [-0.4, -0.2) is 27.2 Å². The Morgan fingerprint density at radius 2 is 2.35 bits per heavy atom. The summed E-state index contributed by atoms with van der Waals surface area (Å²) in [6, 6.07) is 2.68. The van der Waals surface area contributed by atoms with Crippen molar-refractivity contribution in [2.45, 2.75) is 0 Å². The van der Waals surface area contributed by atoms with Gasteiger partial charge < -0.3 is 10.8 Å². The van der Waals surface area contributed by atoms with Crippen LogP contribution in [0.3, 0.4) is 0 Å². The first-order valence-electron chi connectivity index (χ1n) is 5.22. The predicted molar refractivity (Wildman–Crippen MR) is 84.3 cm³/mol. The van der Waals surface area contributed by atoms with Crippen molar-refractivity contribution >= 4 is 44.8 Å². The number of amidine groups is 1. The minimum Gasteiger partial charge on any atom is -0.502 e. The number of benzene rings is 1. The van der Waals surface area contributed by atoms with Crippen LogP contribution in [0.15, 0.2) is 39.5 Å². The number of nitro benzene ring substituents is 1. The molecule has 20 heavy (non-hydrogen) atoms. The summed E-state index contributed by atoms with van der Waals surface area (Å²) in [6.45, 7) is 3.54. The molecule has 1 rings (SSSR count). The van der Waals surface area contributed by atoms with Crippen molar-refractivity contribution in [1.82, 2.24) is 0 Å². The summed E-state index contributed by atoms with van der Waals surface area (Å²) >= 11 is 4.36. The largest absolute Gasteiger partial charge is 0.502 e. The second-order valence-corrected chi connectivity index (χ2v) is 5.36. The summed E-state index contributed by atoms with van der Waals surface area (Å²) in [5.41, 5.74) is 5.29. The lowest BCUT2D eigenvalue weighted by Crippen LogP contribution is -2.05. The van der Waals surface area contributed by atoms with Gasteiger partial charge in [-0.1, -0.05) is 33.8 Å². The number of halogens is 1. The Morgan fingerprint density at radius 3 is 2.95 bits per heavy atom. The maximum absolute atomic E-state index is 10.7. The van der Waals surface area contributed by atoms with Crippen LogP contribution < -0.4 is 5.73 Å². The number of nitrogens with zero attached hydrogens (tertiary/aromatic N) is 3. The molecule has 0 heterocycles. The average Bonchev–Trinajstić information content (AvgIpc) is 2.39. The van der Waals surface area contributed by atoms with Gasteiger partial charge in [0, 0.05) is 21.9 Å². The Hall–Kier alpha value is -1.87. The van der Waals surface area contributed by atoms with E-state index in [1.165, 1.54) is 30.1 Å². The molecule has 1 aromatic carbocycles. The van der Waals surface area contributed by atoms with Gasteiger partial charge in [0.15, 0.2) is 5.17 Å². The molecule has 0 aliphatic rings. The summed E-state index contributed by atoms with van der Waals surface area (Å²) in [6.07, 6.45) is 2.86. The first kappa shape index (κ1) is 16.2. The van der Waals surface area contributed by atoms with Crippen molar-refractivity contribution in [2.75, 3.05) is 5.75 Å². The molecule has 0 aliphatic heterocycles. The van der Waals surface area contributed by atoms with E-state index in [-0.39, 0.29) is 10.7 Å². The molecule has 0 saturated heterocycles. The van der Waals surface area contributed by atoms with E-state index in [0.717, 1.165) is 0 Å². The van der Waals surface area contributed by atoms with E-state index in [4.69, 9.17) is 5.73 Å². The minimum absolute atomic E-state index is 0.163. The molecule has 0 radical (unpaired) electrons. The first-order chi connectivity index (χ1) is 9.45. The number of hydrogen-bond acceptors (Lipinski definition) is 6. The maximum Gasteiger partial charge on any atom is 0.312 e. The van der Waals surface area contributed by atoms with E-state index >= 15 is 0 Å². The molecule has 9 heteroatoms. The number of nitro groups is 1. The fraction of sp³-hybridized carbons (Fsp3) is 0.0909. The van der Waals surface area contributed by atoms with E-state index < -0.39 is 16.4 Å². The van der Waals surface area contributed by atoms with Crippen LogP contribution in [0.4, 0.5) is 5.69 Å². The standard InChI is InChI=1S/C11H11BrN4O3S/c1-2-3-20-11(13)15-14-6-7-4-8(12)5-9(10(7)17)16(18)19/h2,4-6,17H,1,3H2,(H2,13,15)/b14-6-. The SMILES string of the molecule is C=CCS/C(N)=N/N=C\c1cc(Br)cc([N+](=O)[O-])c1O. The average molecular weight is 359 g/mol. The third kappa shape index (κ3) is 4.67. The van der Waals surface area contributed by atoms with Gasteiger partial charge in [-0.15, -0.1) is 11.7 Å². The van der Waals surface area contributed by atoms with Gasteiger partial charge in [-0.2, -0.15) is 5.10 Å². The molecular weight excluding hydrogens is 348 g/mol. The smallest absolute Gasteiger partial charge is 0.312 e. The second kappa shape index (κ2) is 7.65. The number of phenols is 1. The molecule has 0 unspecified atom stereocenters. The van der Waals surface area contributed by atoms with Crippen LogP contribution in [0.2, 0.25) is 0 Å². The van der Waals surface area contributed by atoms with Gasteiger partial charge in [0.1, 0.15) is 0 Å². The monoisotopic (exact) mass is 358 g/mol. The van der Waals surface area contributed by atoms with Gasteiger partial charge in [-0.25, -0.2) is 0 Å². The lowest BCUT2D eigenvalue weighted by atomic mass is 10.2. The highest BCUT2D eigenvalue weighted by atomic mass is 79.9. The third-order valence-corrected chi connectivity index (χ3v) is 3.22. The molecule has 7 nitrogen and oxygen atoms in total. The number of thioether (sulfide) groups is 1. The number of phenolic OH excluding ortho intramolecular Hbond substituents is 1. The van der Waals surface area contributed by atoms with Gasteiger partial charge in [0.25, 0.3) is 0 Å². The summed E-state index contributed by atoms with van der Waals surface area (Å²) in [4.78, 5) is 10.1. The van der Waals surface area contributed by atoms with Crippen LogP contribution in [0, 0.1) is 10.1 Å². The predicted octanol–water partition coefficient (Wildman–Crippen LogP) is 2.63. The van der Waals surface area contributed by atoms with Crippen molar-refractivity contribution in [3.8, 4) is 5.75 Å². The zero-order valence-electron chi connectivity index (χ0n) is 10.2. The molecule has 0 saturated carbocycles. The van der Waals surface area contributed by atoms with E-state index in [9.17, 15) is 15.2 Å². The topological polar surface area (TPSA) is 114 Å². The fourth-order valence-corrected chi connectivity index (χ4v) is 2.02. The summed E-state index contributed by atoms with van der Waals surface area (Å²) in [5.74, 6) is 0.118. The fourth-order valence-electron chi connectivity index (χ4n) is 1.16. The summed E-state index contributed by atoms with van der Waals surface area (Å²) < 4.78 is 0.446. The van der Waals surface area contributed by atoms with Crippen molar-refractivity contribution in [2.24, 2.45) is 15.9 Å². The summed E-state index contributed by atoms with van der Waals surface area (Å²) in [5, 5.41) is 28.1. The Kier molecular flexibility index (Phi) is 6.19. The summed E-state index contributed by atoms with van der Waals surface area (Å²) in [7, 11) is 0.